The van der Waals surface area contributed by atoms with E-state index in [1.165, 1.54) is 11.3 Å². The van der Waals surface area contributed by atoms with Gasteiger partial charge in [-0.3, -0.25) is 4.98 Å². The minimum atomic E-state index is 0.384. The van der Waals surface area contributed by atoms with Crippen LogP contribution >= 0.6 is 22.9 Å². The lowest BCUT2D eigenvalue weighted by Gasteiger charge is -2.05. The number of halogens is 1. The normalized spacial score (nSPS) is 10.6. The standard InChI is InChI=1S/C16H15ClN4OS/c1-10-5-4-6-12(19-10)14-15(23-16(20-14)21(2)3)22-11-7-8-18-13(17)9-11/h4-9H,1-3H3. The molecule has 0 bridgehead atoms. The molecule has 0 aromatic carbocycles. The minimum Gasteiger partial charge on any atom is -0.444 e. The second-order valence-corrected chi connectivity index (χ2v) is 6.43. The molecule has 3 heterocycles. The van der Waals surface area contributed by atoms with Gasteiger partial charge in [0.05, 0.1) is 5.69 Å². The van der Waals surface area contributed by atoms with Crippen molar-refractivity contribution in [1.29, 1.82) is 0 Å². The van der Waals surface area contributed by atoms with Gasteiger partial charge in [-0.1, -0.05) is 29.0 Å². The van der Waals surface area contributed by atoms with Crippen molar-refractivity contribution in [2.45, 2.75) is 6.92 Å². The first-order chi connectivity index (χ1) is 11.0. The molecule has 3 rings (SSSR count). The third-order valence-corrected chi connectivity index (χ3v) is 4.31. The molecule has 3 aromatic heterocycles. The van der Waals surface area contributed by atoms with Crippen LogP contribution in [0.1, 0.15) is 5.69 Å². The van der Waals surface area contributed by atoms with Crippen molar-refractivity contribution in [1.82, 2.24) is 15.0 Å². The third kappa shape index (κ3) is 3.60. The van der Waals surface area contributed by atoms with Crippen LogP contribution in [0.5, 0.6) is 10.8 Å². The Morgan fingerprint density at radius 1 is 1.17 bits per heavy atom. The summed E-state index contributed by atoms with van der Waals surface area (Å²) in [4.78, 5) is 15.1. The van der Waals surface area contributed by atoms with Crippen molar-refractivity contribution in [3.63, 3.8) is 0 Å². The van der Waals surface area contributed by atoms with Gasteiger partial charge in [0.2, 0.25) is 5.06 Å². The molecule has 0 spiro atoms. The average molecular weight is 347 g/mol. The van der Waals surface area contributed by atoms with Crippen molar-refractivity contribution in [3.8, 4) is 22.2 Å². The topological polar surface area (TPSA) is 51.1 Å². The van der Waals surface area contributed by atoms with Crippen LogP contribution in [-0.2, 0) is 0 Å². The summed E-state index contributed by atoms with van der Waals surface area (Å²) in [5, 5.41) is 1.91. The van der Waals surface area contributed by atoms with E-state index in [1.807, 2.05) is 44.1 Å². The zero-order valence-corrected chi connectivity index (χ0v) is 14.5. The van der Waals surface area contributed by atoms with Crippen molar-refractivity contribution in [3.05, 3.63) is 47.4 Å². The fraction of sp³-hybridized carbons (Fsp3) is 0.188. The van der Waals surface area contributed by atoms with Crippen LogP contribution in [0.4, 0.5) is 5.13 Å². The molecule has 0 radical (unpaired) electrons. The Labute approximate surface area is 143 Å². The summed E-state index contributed by atoms with van der Waals surface area (Å²) in [7, 11) is 3.89. The number of pyridine rings is 2. The van der Waals surface area contributed by atoms with Crippen LogP contribution < -0.4 is 9.64 Å². The maximum Gasteiger partial charge on any atom is 0.212 e. The lowest BCUT2D eigenvalue weighted by Crippen LogP contribution is -2.07. The monoisotopic (exact) mass is 346 g/mol. The maximum atomic E-state index is 5.98. The lowest BCUT2D eigenvalue weighted by atomic mass is 10.2. The molecule has 0 unspecified atom stereocenters. The summed E-state index contributed by atoms with van der Waals surface area (Å²) in [6.07, 6.45) is 1.61. The highest BCUT2D eigenvalue weighted by atomic mass is 35.5. The summed E-state index contributed by atoms with van der Waals surface area (Å²) in [5.74, 6) is 0.618. The van der Waals surface area contributed by atoms with E-state index in [4.69, 9.17) is 16.3 Å². The quantitative estimate of drug-likeness (QED) is 0.654. The van der Waals surface area contributed by atoms with Crippen molar-refractivity contribution >= 4 is 28.1 Å². The molecule has 118 valence electrons. The van der Waals surface area contributed by atoms with Crippen LogP contribution in [0.15, 0.2) is 36.5 Å². The van der Waals surface area contributed by atoms with Crippen LogP contribution in [0.25, 0.3) is 11.4 Å². The number of aryl methyl sites for hydroxylation is 1. The van der Waals surface area contributed by atoms with E-state index < -0.39 is 0 Å². The van der Waals surface area contributed by atoms with E-state index in [0.29, 0.717) is 16.0 Å². The summed E-state index contributed by atoms with van der Waals surface area (Å²) < 4.78 is 5.98. The number of thiazole rings is 1. The third-order valence-electron chi connectivity index (χ3n) is 3.01. The summed E-state index contributed by atoms with van der Waals surface area (Å²) in [6.45, 7) is 1.95. The summed E-state index contributed by atoms with van der Waals surface area (Å²) >= 11 is 7.38. The van der Waals surface area contributed by atoms with Gasteiger partial charge in [-0.15, -0.1) is 0 Å². The minimum absolute atomic E-state index is 0.384. The first-order valence-electron chi connectivity index (χ1n) is 6.94. The molecular formula is C16H15ClN4OS. The van der Waals surface area contributed by atoms with Gasteiger partial charge in [-0.25, -0.2) is 9.97 Å². The molecule has 0 aliphatic rings. The van der Waals surface area contributed by atoms with E-state index in [9.17, 15) is 0 Å². The predicted molar refractivity (Wildman–Crippen MR) is 93.7 cm³/mol. The highest BCUT2D eigenvalue weighted by Gasteiger charge is 2.18. The van der Waals surface area contributed by atoms with Gasteiger partial charge in [0, 0.05) is 32.1 Å². The smallest absolute Gasteiger partial charge is 0.212 e. The highest BCUT2D eigenvalue weighted by molar-refractivity contribution is 7.17. The molecule has 3 aromatic rings. The summed E-state index contributed by atoms with van der Waals surface area (Å²) in [6, 6.07) is 9.26. The Bertz CT molecular complexity index is 834. The van der Waals surface area contributed by atoms with Gasteiger partial charge in [-0.2, -0.15) is 0 Å². The largest absolute Gasteiger partial charge is 0.444 e. The van der Waals surface area contributed by atoms with E-state index in [0.717, 1.165) is 22.2 Å². The number of aromatic nitrogens is 3. The molecule has 0 saturated carbocycles. The van der Waals surface area contributed by atoms with E-state index in [1.54, 1.807) is 18.3 Å². The molecule has 0 fully saturated rings. The van der Waals surface area contributed by atoms with Gasteiger partial charge in [0.1, 0.15) is 16.6 Å². The molecule has 0 N–H and O–H groups in total. The molecule has 0 atom stereocenters. The Balaban J connectivity index is 2.04. The number of rotatable bonds is 4. The molecule has 23 heavy (non-hydrogen) atoms. The van der Waals surface area contributed by atoms with E-state index in [2.05, 4.69) is 15.0 Å². The van der Waals surface area contributed by atoms with E-state index in [-0.39, 0.29) is 0 Å². The molecule has 0 aliphatic heterocycles. The van der Waals surface area contributed by atoms with Gasteiger partial charge < -0.3 is 9.64 Å². The lowest BCUT2D eigenvalue weighted by molar-refractivity contribution is 0.496. The molecule has 0 aliphatic carbocycles. The van der Waals surface area contributed by atoms with Crippen molar-refractivity contribution in [2.24, 2.45) is 0 Å². The molecule has 0 saturated heterocycles. The van der Waals surface area contributed by atoms with Crippen LogP contribution in [-0.4, -0.2) is 29.0 Å². The molecule has 5 nitrogen and oxygen atoms in total. The Hall–Kier alpha value is -2.18. The Kier molecular flexibility index (Phi) is 4.45. The zero-order valence-electron chi connectivity index (χ0n) is 12.9. The van der Waals surface area contributed by atoms with Crippen LogP contribution in [0, 0.1) is 6.92 Å². The molecule has 0 amide bonds. The maximum absolute atomic E-state index is 5.98. The zero-order chi connectivity index (χ0) is 16.4. The van der Waals surface area contributed by atoms with Gasteiger partial charge in [0.25, 0.3) is 0 Å². The predicted octanol–water partition coefficient (Wildman–Crippen LogP) is 4.42. The fourth-order valence-corrected chi connectivity index (χ4v) is 2.98. The van der Waals surface area contributed by atoms with Crippen molar-refractivity contribution < 1.29 is 4.74 Å². The first kappa shape index (κ1) is 15.7. The van der Waals surface area contributed by atoms with Gasteiger partial charge in [0.15, 0.2) is 5.13 Å². The average Bonchev–Trinajstić information content (AvgIpc) is 2.91. The van der Waals surface area contributed by atoms with Gasteiger partial charge in [-0.05, 0) is 25.1 Å². The van der Waals surface area contributed by atoms with Crippen LogP contribution in [0.3, 0.4) is 0 Å². The molecular weight excluding hydrogens is 332 g/mol. The second kappa shape index (κ2) is 6.52. The molecule has 7 heteroatoms. The first-order valence-corrected chi connectivity index (χ1v) is 8.14. The fourth-order valence-electron chi connectivity index (χ4n) is 1.95. The van der Waals surface area contributed by atoms with E-state index >= 15 is 0 Å². The highest BCUT2D eigenvalue weighted by Crippen LogP contribution is 2.40. The summed E-state index contributed by atoms with van der Waals surface area (Å²) in [5.41, 5.74) is 2.43. The van der Waals surface area contributed by atoms with Crippen molar-refractivity contribution in [2.75, 3.05) is 19.0 Å². The number of hydrogen-bond donors (Lipinski definition) is 0. The van der Waals surface area contributed by atoms with Gasteiger partial charge >= 0.3 is 0 Å². The number of nitrogens with zero attached hydrogens (tertiary/aromatic N) is 4. The SMILES string of the molecule is Cc1cccc(-c2nc(N(C)C)sc2Oc2ccnc(Cl)c2)n1. The Morgan fingerprint density at radius 3 is 2.70 bits per heavy atom. The van der Waals surface area contributed by atoms with Crippen LogP contribution in [0.2, 0.25) is 5.15 Å². The Morgan fingerprint density at radius 2 is 2.00 bits per heavy atom. The second-order valence-electron chi connectivity index (χ2n) is 5.11. The number of anilines is 1. The number of ether oxygens (including phenoxy) is 1. The number of hydrogen-bond acceptors (Lipinski definition) is 6.